The van der Waals surface area contributed by atoms with Crippen LogP contribution in [0.1, 0.15) is 12.5 Å². The Labute approximate surface area is 216 Å². The number of nitrogens with zero attached hydrogens (tertiary/aromatic N) is 8. The minimum atomic E-state index is -1.43. The molecule has 6 heterocycles. The molecule has 8 atom stereocenters. The molecule has 2 aliphatic rings. The van der Waals surface area contributed by atoms with Gasteiger partial charge < -0.3 is 51.2 Å². The van der Waals surface area contributed by atoms with Crippen LogP contribution in [0.15, 0.2) is 12.7 Å². The molecule has 0 radical (unpaired) electrons. The van der Waals surface area contributed by atoms with E-state index in [0.29, 0.717) is 0 Å². The Bertz CT molecular complexity index is 1540. The molecule has 0 amide bonds. The van der Waals surface area contributed by atoms with Gasteiger partial charge in [0.1, 0.15) is 30.5 Å². The number of aliphatic hydroxyl groups excluding tert-OH is 5. The number of anilines is 2. The van der Waals surface area contributed by atoms with E-state index >= 15 is 0 Å². The predicted molar refractivity (Wildman–Crippen MR) is 124 cm³/mol. The van der Waals surface area contributed by atoms with Crippen molar-refractivity contribution in [3.05, 3.63) is 18.7 Å². The zero-order chi connectivity index (χ0) is 27.6. The molecule has 18 nitrogen and oxygen atoms in total. The van der Waals surface area contributed by atoms with Crippen molar-refractivity contribution in [2.24, 2.45) is 0 Å². The van der Waals surface area contributed by atoms with Crippen molar-refractivity contribution < 1.29 is 44.1 Å². The highest BCUT2D eigenvalue weighted by Gasteiger charge is 2.48. The van der Waals surface area contributed by atoms with E-state index in [9.17, 15) is 29.9 Å². The number of halogens is 1. The first-order valence-electron chi connectivity index (χ1n) is 11.6. The predicted octanol–water partition coefficient (Wildman–Crippen LogP) is -3.42. The number of fused-ring (bicyclic) bond motifs is 2. The quantitative estimate of drug-likeness (QED) is 0.115. The van der Waals surface area contributed by atoms with E-state index in [-0.39, 0.29) is 40.0 Å². The van der Waals surface area contributed by atoms with Crippen LogP contribution in [0, 0.1) is 6.08 Å². The summed E-state index contributed by atoms with van der Waals surface area (Å²) in [6, 6.07) is -0.352. The van der Waals surface area contributed by atoms with E-state index < -0.39 is 68.4 Å². The molecule has 2 fully saturated rings. The molecule has 4 aromatic rings. The van der Waals surface area contributed by atoms with E-state index in [1.54, 1.807) is 0 Å². The molecule has 208 valence electrons. The van der Waals surface area contributed by atoms with Crippen LogP contribution < -0.4 is 16.2 Å². The van der Waals surface area contributed by atoms with Gasteiger partial charge in [-0.3, -0.25) is 9.13 Å². The van der Waals surface area contributed by atoms with Crippen molar-refractivity contribution in [3.8, 4) is 6.01 Å². The van der Waals surface area contributed by atoms with E-state index in [4.69, 9.17) is 25.7 Å². The van der Waals surface area contributed by atoms with Gasteiger partial charge in [0.25, 0.3) is 0 Å². The standard InChI is InChI=1S/C20H23FN10O8/c21-19-26-13(22)7-15(28-19)31(4-25-7)18-12(10(35)6(2-33)38-18)39-20-27-14(23)8-16(29-20)30(3-24-8)17-11(36)9(34)5(1-32)37-17/h3-6,9-12,17-18,32-36H,1-2H2,(H2,22,26,28)(H2,23,27,29)/t5-,6-,9?,10?,11?,12?,17-,18?/m1/s1. The smallest absolute Gasteiger partial charge is 0.321 e. The van der Waals surface area contributed by atoms with Gasteiger partial charge >= 0.3 is 12.1 Å². The number of hydrogen-bond acceptors (Lipinski definition) is 16. The van der Waals surface area contributed by atoms with E-state index in [1.165, 1.54) is 21.8 Å². The normalized spacial score (nSPS) is 31.0. The molecule has 0 saturated carbocycles. The SMILES string of the molecule is Nc1nc(F)nc2c1ncn2C1O[C@H](CO)C(O)C1Oc1nc(N)c2ncn([C@@H]3O[C@H](CO)C(O)C3O)c2n1. The maximum absolute atomic E-state index is 13.9. The lowest BCUT2D eigenvalue weighted by Gasteiger charge is -2.22. The minimum absolute atomic E-state index is 0.0478. The van der Waals surface area contributed by atoms with Crippen LogP contribution in [0.25, 0.3) is 22.3 Å². The van der Waals surface area contributed by atoms with E-state index in [0.717, 1.165) is 0 Å². The van der Waals surface area contributed by atoms with Crippen LogP contribution >= 0.6 is 0 Å². The van der Waals surface area contributed by atoms with Gasteiger partial charge in [0.15, 0.2) is 52.5 Å². The van der Waals surface area contributed by atoms with Gasteiger partial charge in [-0.05, 0) is 0 Å². The molecular weight excluding hydrogens is 527 g/mol. The average Bonchev–Trinajstić information content (AvgIpc) is 3.65. The monoisotopic (exact) mass is 550 g/mol. The number of aromatic nitrogens is 8. The summed E-state index contributed by atoms with van der Waals surface area (Å²) < 4.78 is 33.7. The molecule has 0 bridgehead atoms. The first kappa shape index (κ1) is 25.4. The summed E-state index contributed by atoms with van der Waals surface area (Å²) in [4.78, 5) is 23.7. The molecular formula is C20H23FN10O8. The number of nitrogen functional groups attached to an aromatic ring is 2. The largest absolute Gasteiger partial charge is 0.452 e. The van der Waals surface area contributed by atoms with Crippen molar-refractivity contribution in [2.45, 2.75) is 49.1 Å². The van der Waals surface area contributed by atoms with Crippen molar-refractivity contribution >= 4 is 34.0 Å². The molecule has 4 aromatic heterocycles. The molecule has 39 heavy (non-hydrogen) atoms. The third kappa shape index (κ3) is 3.98. The van der Waals surface area contributed by atoms with Crippen molar-refractivity contribution in [2.75, 3.05) is 24.7 Å². The van der Waals surface area contributed by atoms with Gasteiger partial charge in [-0.15, -0.1) is 0 Å². The second-order valence-electron chi connectivity index (χ2n) is 8.97. The lowest BCUT2D eigenvalue weighted by atomic mass is 10.1. The molecule has 5 unspecified atom stereocenters. The maximum Gasteiger partial charge on any atom is 0.321 e. The Kier molecular flexibility index (Phi) is 6.14. The summed E-state index contributed by atoms with van der Waals surface area (Å²) in [5, 5.41) is 50.6. The van der Waals surface area contributed by atoms with Crippen LogP contribution in [0.4, 0.5) is 16.0 Å². The molecule has 19 heteroatoms. The van der Waals surface area contributed by atoms with Gasteiger partial charge in [0.2, 0.25) is 0 Å². The van der Waals surface area contributed by atoms with Gasteiger partial charge in [0, 0.05) is 0 Å². The molecule has 0 aliphatic carbocycles. The zero-order valence-corrected chi connectivity index (χ0v) is 19.8. The third-order valence-corrected chi connectivity index (χ3v) is 6.65. The number of aliphatic hydroxyl groups is 5. The van der Waals surface area contributed by atoms with Crippen LogP contribution in [-0.4, -0.2) is 114 Å². The Balaban J connectivity index is 1.38. The Morgan fingerprint density at radius 3 is 2.00 bits per heavy atom. The highest BCUT2D eigenvalue weighted by Crippen LogP contribution is 2.36. The van der Waals surface area contributed by atoms with Crippen LogP contribution in [-0.2, 0) is 9.47 Å². The first-order chi connectivity index (χ1) is 18.7. The van der Waals surface area contributed by atoms with Gasteiger partial charge in [-0.2, -0.15) is 24.3 Å². The highest BCUT2D eigenvalue weighted by atomic mass is 19.1. The molecule has 2 aliphatic heterocycles. The number of nitrogens with two attached hydrogens (primary N) is 2. The summed E-state index contributed by atoms with van der Waals surface area (Å²) in [6.07, 6.45) is -8.68. The number of ether oxygens (including phenoxy) is 3. The fourth-order valence-electron chi connectivity index (χ4n) is 4.71. The topological polar surface area (TPSA) is 268 Å². The summed E-state index contributed by atoms with van der Waals surface area (Å²) in [5.74, 6) is -0.342. The number of hydrogen-bond donors (Lipinski definition) is 7. The van der Waals surface area contributed by atoms with Crippen molar-refractivity contribution in [3.63, 3.8) is 0 Å². The third-order valence-electron chi connectivity index (χ3n) is 6.65. The van der Waals surface area contributed by atoms with Crippen LogP contribution in [0.3, 0.4) is 0 Å². The fourth-order valence-corrected chi connectivity index (χ4v) is 4.71. The summed E-state index contributed by atoms with van der Waals surface area (Å²) in [5.41, 5.74) is 12.0. The van der Waals surface area contributed by atoms with Crippen molar-refractivity contribution in [1.82, 2.24) is 39.0 Å². The minimum Gasteiger partial charge on any atom is -0.452 e. The Morgan fingerprint density at radius 2 is 1.36 bits per heavy atom. The first-order valence-corrected chi connectivity index (χ1v) is 11.6. The fraction of sp³-hybridized carbons (Fsp3) is 0.500. The molecule has 0 spiro atoms. The maximum atomic E-state index is 13.9. The summed E-state index contributed by atoms with van der Waals surface area (Å²) in [6.45, 7) is -1.13. The number of rotatable bonds is 6. The van der Waals surface area contributed by atoms with Gasteiger partial charge in [-0.1, -0.05) is 0 Å². The number of imidazole rings is 2. The van der Waals surface area contributed by atoms with E-state index in [2.05, 4.69) is 29.9 Å². The Morgan fingerprint density at radius 1 is 0.795 bits per heavy atom. The molecule has 0 aromatic carbocycles. The average molecular weight is 550 g/mol. The summed E-state index contributed by atoms with van der Waals surface area (Å²) >= 11 is 0. The van der Waals surface area contributed by atoms with Crippen LogP contribution in [0.2, 0.25) is 0 Å². The van der Waals surface area contributed by atoms with Crippen molar-refractivity contribution in [1.29, 1.82) is 0 Å². The van der Waals surface area contributed by atoms with Gasteiger partial charge in [-0.25, -0.2) is 9.97 Å². The van der Waals surface area contributed by atoms with Gasteiger partial charge in [0.05, 0.1) is 25.9 Å². The highest BCUT2D eigenvalue weighted by molar-refractivity contribution is 5.82. The van der Waals surface area contributed by atoms with E-state index in [1.807, 2.05) is 0 Å². The lowest BCUT2D eigenvalue weighted by Crippen LogP contribution is -2.38. The lowest BCUT2D eigenvalue weighted by molar-refractivity contribution is -0.0513. The van der Waals surface area contributed by atoms with Crippen LogP contribution in [0.5, 0.6) is 6.01 Å². The zero-order valence-electron chi connectivity index (χ0n) is 19.8. The molecule has 6 rings (SSSR count). The molecule has 9 N–H and O–H groups in total. The molecule has 2 saturated heterocycles. The Hall–Kier alpha value is -3.85. The second-order valence-corrected chi connectivity index (χ2v) is 8.97. The second kappa shape index (κ2) is 9.41. The summed E-state index contributed by atoms with van der Waals surface area (Å²) in [7, 11) is 0.